The van der Waals surface area contributed by atoms with Gasteiger partial charge < -0.3 is 10.1 Å². The second kappa shape index (κ2) is 8.37. The van der Waals surface area contributed by atoms with Crippen LogP contribution in [0.15, 0.2) is 53.9 Å². The van der Waals surface area contributed by atoms with Crippen molar-refractivity contribution in [1.82, 2.24) is 0 Å². The number of benzene rings is 2. The van der Waals surface area contributed by atoms with E-state index >= 15 is 0 Å². The van der Waals surface area contributed by atoms with Crippen molar-refractivity contribution in [1.29, 1.82) is 0 Å². The maximum absolute atomic E-state index is 12.1. The third kappa shape index (κ3) is 4.37. The third-order valence-electron chi connectivity index (χ3n) is 4.09. The van der Waals surface area contributed by atoms with Gasteiger partial charge in [-0.3, -0.25) is 4.79 Å². The number of carbonyl (C=O) groups excluding carboxylic acids is 1. The number of thioether (sulfide) groups is 2. The molecule has 3 nitrogen and oxygen atoms in total. The maximum Gasteiger partial charge on any atom is 0.262 e. The summed E-state index contributed by atoms with van der Waals surface area (Å²) in [6.07, 6.45) is 1.29. The van der Waals surface area contributed by atoms with Gasteiger partial charge in [-0.1, -0.05) is 12.1 Å². The summed E-state index contributed by atoms with van der Waals surface area (Å²) in [4.78, 5) is 12.1. The quantitative estimate of drug-likeness (QED) is 0.587. The molecule has 26 heavy (non-hydrogen) atoms. The zero-order valence-corrected chi connectivity index (χ0v) is 16.6. The van der Waals surface area contributed by atoms with E-state index in [1.165, 1.54) is 28.2 Å². The standard InChI is InChI=1S/C20H19NO2S3/c22-19(21-16-4-7-18-15(12-16)8-11-24-18)13-23-17-5-2-14(3-6-17)20-25-9-1-10-26-20/h2-8,11-12,20H,1,9-10,13H2,(H,21,22). The van der Waals surface area contributed by atoms with E-state index in [4.69, 9.17) is 4.74 Å². The fraction of sp³-hybridized carbons (Fsp3) is 0.250. The fourth-order valence-electron chi connectivity index (χ4n) is 2.79. The maximum atomic E-state index is 12.1. The van der Waals surface area contributed by atoms with Crippen LogP contribution in [-0.2, 0) is 4.79 Å². The molecule has 0 spiro atoms. The highest BCUT2D eigenvalue weighted by Gasteiger charge is 2.16. The molecule has 134 valence electrons. The molecule has 0 bridgehead atoms. The number of rotatable bonds is 5. The molecule has 2 heterocycles. The number of ether oxygens (including phenoxy) is 1. The van der Waals surface area contributed by atoms with Crippen molar-refractivity contribution in [3.8, 4) is 5.75 Å². The van der Waals surface area contributed by atoms with Crippen LogP contribution in [0.3, 0.4) is 0 Å². The Balaban J connectivity index is 1.30. The molecule has 4 rings (SSSR count). The first-order valence-corrected chi connectivity index (χ1v) is 11.5. The SMILES string of the molecule is O=C(COc1ccc(C2SCCCS2)cc1)Nc1ccc2sccc2c1. The molecule has 2 aromatic carbocycles. The second-order valence-electron chi connectivity index (χ2n) is 6.01. The highest BCUT2D eigenvalue weighted by atomic mass is 32.2. The number of thiophene rings is 1. The topological polar surface area (TPSA) is 38.3 Å². The summed E-state index contributed by atoms with van der Waals surface area (Å²) in [6, 6.07) is 16.1. The van der Waals surface area contributed by atoms with Crippen molar-refractivity contribution in [2.45, 2.75) is 11.0 Å². The van der Waals surface area contributed by atoms with Crippen LogP contribution in [-0.4, -0.2) is 24.0 Å². The largest absolute Gasteiger partial charge is 0.484 e. The lowest BCUT2D eigenvalue weighted by Crippen LogP contribution is -2.20. The van der Waals surface area contributed by atoms with Crippen LogP contribution in [0.5, 0.6) is 5.75 Å². The van der Waals surface area contributed by atoms with E-state index in [2.05, 4.69) is 23.5 Å². The molecule has 6 heteroatoms. The van der Waals surface area contributed by atoms with Gasteiger partial charge in [0, 0.05) is 10.4 Å². The normalized spacial score (nSPS) is 15.1. The van der Waals surface area contributed by atoms with Gasteiger partial charge in [0.05, 0.1) is 4.58 Å². The minimum atomic E-state index is -0.151. The predicted octanol–water partition coefficient (Wildman–Crippen LogP) is 5.79. The van der Waals surface area contributed by atoms with Crippen LogP contribution in [0.1, 0.15) is 16.6 Å². The van der Waals surface area contributed by atoms with E-state index in [9.17, 15) is 4.79 Å². The van der Waals surface area contributed by atoms with E-state index < -0.39 is 0 Å². The lowest BCUT2D eigenvalue weighted by Gasteiger charge is -2.21. The Labute approximate surface area is 165 Å². The van der Waals surface area contributed by atoms with Gasteiger partial charge >= 0.3 is 0 Å². The van der Waals surface area contributed by atoms with Gasteiger partial charge in [0.1, 0.15) is 5.75 Å². The van der Waals surface area contributed by atoms with Gasteiger partial charge in [0.15, 0.2) is 6.61 Å². The number of anilines is 1. The minimum Gasteiger partial charge on any atom is -0.484 e. The molecule has 1 aliphatic heterocycles. The van der Waals surface area contributed by atoms with Crippen molar-refractivity contribution in [2.24, 2.45) is 0 Å². The molecule has 1 N–H and O–H groups in total. The summed E-state index contributed by atoms with van der Waals surface area (Å²) >= 11 is 5.70. The van der Waals surface area contributed by atoms with Crippen molar-refractivity contribution in [3.63, 3.8) is 0 Å². The van der Waals surface area contributed by atoms with Gasteiger partial charge in [-0.2, -0.15) is 0 Å². The first-order chi connectivity index (χ1) is 12.8. The van der Waals surface area contributed by atoms with Gasteiger partial charge in [-0.25, -0.2) is 0 Å². The molecule has 3 aromatic rings. The van der Waals surface area contributed by atoms with E-state index in [1.54, 1.807) is 11.3 Å². The molecule has 1 aromatic heterocycles. The van der Waals surface area contributed by atoms with E-state index in [0.717, 1.165) is 16.8 Å². The monoisotopic (exact) mass is 401 g/mol. The first-order valence-electron chi connectivity index (χ1n) is 8.51. The van der Waals surface area contributed by atoms with Crippen LogP contribution in [0, 0.1) is 0 Å². The van der Waals surface area contributed by atoms with Gasteiger partial charge in [-0.15, -0.1) is 34.9 Å². The lowest BCUT2D eigenvalue weighted by atomic mass is 10.2. The Morgan fingerprint density at radius 1 is 1.08 bits per heavy atom. The number of hydrogen-bond acceptors (Lipinski definition) is 5. The number of amides is 1. The fourth-order valence-corrected chi connectivity index (χ4v) is 6.46. The molecular formula is C20H19NO2S3. The van der Waals surface area contributed by atoms with Gasteiger partial charge in [-0.05, 0) is 70.7 Å². The van der Waals surface area contributed by atoms with E-state index in [0.29, 0.717) is 4.58 Å². The molecule has 0 unspecified atom stereocenters. The van der Waals surface area contributed by atoms with Gasteiger partial charge in [0.25, 0.3) is 5.91 Å². The Bertz CT molecular complexity index is 885. The molecule has 0 aliphatic carbocycles. The molecule has 1 amide bonds. The molecule has 0 radical (unpaired) electrons. The zero-order valence-electron chi connectivity index (χ0n) is 14.1. The molecule has 0 saturated carbocycles. The molecule has 0 atom stereocenters. The zero-order chi connectivity index (χ0) is 17.8. The summed E-state index contributed by atoms with van der Waals surface area (Å²) in [7, 11) is 0. The van der Waals surface area contributed by atoms with Crippen molar-refractivity contribution in [3.05, 3.63) is 59.5 Å². The summed E-state index contributed by atoms with van der Waals surface area (Å²) < 4.78 is 7.37. The van der Waals surface area contributed by atoms with E-state index in [1.807, 2.05) is 59.2 Å². The summed E-state index contributed by atoms with van der Waals surface area (Å²) in [5, 5.41) is 6.08. The van der Waals surface area contributed by atoms with Crippen LogP contribution < -0.4 is 10.1 Å². The average molecular weight is 402 g/mol. The van der Waals surface area contributed by atoms with Crippen molar-refractivity contribution < 1.29 is 9.53 Å². The lowest BCUT2D eigenvalue weighted by molar-refractivity contribution is -0.118. The second-order valence-corrected chi connectivity index (χ2v) is 9.68. The third-order valence-corrected chi connectivity index (χ3v) is 8.00. The minimum absolute atomic E-state index is 0.00789. The molecule has 1 fully saturated rings. The average Bonchev–Trinajstić information content (AvgIpc) is 3.15. The van der Waals surface area contributed by atoms with E-state index in [-0.39, 0.29) is 12.5 Å². The van der Waals surface area contributed by atoms with Crippen LogP contribution in [0.2, 0.25) is 0 Å². The Hall–Kier alpha value is -1.63. The van der Waals surface area contributed by atoms with Crippen LogP contribution >= 0.6 is 34.9 Å². The first kappa shape index (κ1) is 17.8. The summed E-state index contributed by atoms with van der Waals surface area (Å²) in [5.74, 6) is 3.03. The van der Waals surface area contributed by atoms with Crippen molar-refractivity contribution in [2.75, 3.05) is 23.4 Å². The van der Waals surface area contributed by atoms with Crippen molar-refractivity contribution >= 4 is 56.5 Å². The number of nitrogens with one attached hydrogen (secondary N) is 1. The molecule has 1 aliphatic rings. The summed E-state index contributed by atoms with van der Waals surface area (Å²) in [6.45, 7) is 0.00789. The predicted molar refractivity (Wildman–Crippen MR) is 115 cm³/mol. The highest BCUT2D eigenvalue weighted by Crippen LogP contribution is 2.43. The summed E-state index contributed by atoms with van der Waals surface area (Å²) in [5.41, 5.74) is 2.12. The smallest absolute Gasteiger partial charge is 0.262 e. The highest BCUT2D eigenvalue weighted by molar-refractivity contribution is 8.16. The van der Waals surface area contributed by atoms with Crippen LogP contribution in [0.25, 0.3) is 10.1 Å². The Morgan fingerprint density at radius 2 is 1.88 bits per heavy atom. The Kier molecular flexibility index (Phi) is 5.72. The number of carbonyl (C=O) groups is 1. The number of hydrogen-bond donors (Lipinski definition) is 1. The number of fused-ring (bicyclic) bond motifs is 1. The Morgan fingerprint density at radius 3 is 2.69 bits per heavy atom. The van der Waals surface area contributed by atoms with Crippen LogP contribution in [0.4, 0.5) is 5.69 Å². The van der Waals surface area contributed by atoms with Gasteiger partial charge in [0.2, 0.25) is 0 Å². The molecular weight excluding hydrogens is 382 g/mol. The molecule has 1 saturated heterocycles.